The molecule has 2 aromatic rings. The first-order valence-corrected chi connectivity index (χ1v) is 7.78. The van der Waals surface area contributed by atoms with E-state index in [1.807, 2.05) is 19.2 Å². The number of nitrogen functional groups attached to an aromatic ring is 1. The van der Waals surface area contributed by atoms with Crippen molar-refractivity contribution in [1.82, 2.24) is 9.78 Å². The zero-order valence-electron chi connectivity index (χ0n) is 13.0. The van der Waals surface area contributed by atoms with E-state index in [0.717, 1.165) is 29.0 Å². The van der Waals surface area contributed by atoms with Gasteiger partial charge in [0.05, 0.1) is 23.9 Å². The van der Waals surface area contributed by atoms with Crippen molar-refractivity contribution >= 4 is 17.4 Å². The first-order chi connectivity index (χ1) is 10.5. The fraction of sp³-hybridized carbons (Fsp3) is 0.438. The van der Waals surface area contributed by atoms with Gasteiger partial charge < -0.3 is 15.2 Å². The molecule has 0 aliphatic carbocycles. The topological polar surface area (TPSA) is 62.3 Å². The molecule has 6 heteroatoms. The van der Waals surface area contributed by atoms with Gasteiger partial charge in [0.1, 0.15) is 5.82 Å². The molecule has 1 aliphatic rings. The predicted molar refractivity (Wildman–Crippen MR) is 87.8 cm³/mol. The van der Waals surface area contributed by atoms with Crippen molar-refractivity contribution in [2.24, 2.45) is 7.05 Å². The number of nitrogens with zero attached hydrogens (tertiary/aromatic N) is 2. The highest BCUT2D eigenvalue weighted by Gasteiger charge is 2.25. The molecule has 0 saturated carbocycles. The van der Waals surface area contributed by atoms with E-state index < -0.39 is 0 Å². The number of aromatic nitrogens is 2. The highest BCUT2D eigenvalue weighted by molar-refractivity contribution is 6.32. The maximum absolute atomic E-state index is 6.42. The number of hydrogen-bond donors (Lipinski definition) is 1. The normalized spacial score (nSPS) is 14.2. The number of nitrogens with two attached hydrogens (primary N) is 1. The number of fused-ring (bicyclic) bond motifs is 1. The van der Waals surface area contributed by atoms with Crippen molar-refractivity contribution in [3.63, 3.8) is 0 Å². The van der Waals surface area contributed by atoms with Crippen LogP contribution in [0.3, 0.4) is 0 Å². The lowest BCUT2D eigenvalue weighted by atomic mass is 9.93. The van der Waals surface area contributed by atoms with Gasteiger partial charge in [0.2, 0.25) is 0 Å². The fourth-order valence-corrected chi connectivity index (χ4v) is 2.96. The van der Waals surface area contributed by atoms with Gasteiger partial charge in [-0.3, -0.25) is 4.68 Å². The number of benzene rings is 1. The van der Waals surface area contributed by atoms with Crippen molar-refractivity contribution in [2.45, 2.75) is 26.2 Å². The maximum Gasteiger partial charge on any atom is 0.180 e. The molecule has 0 radical (unpaired) electrons. The standard InChI is InChI=1S/C16H20ClN3O2/c1-9(2)14-10(12-8-13(18)20(3)19-12)7-11(17)15-16(14)22-6-4-5-21-15/h7-9H,4-6,18H2,1-3H3. The van der Waals surface area contributed by atoms with Crippen LogP contribution in [0.15, 0.2) is 12.1 Å². The minimum absolute atomic E-state index is 0.242. The van der Waals surface area contributed by atoms with Gasteiger partial charge in [0, 0.05) is 30.7 Å². The zero-order chi connectivity index (χ0) is 15.9. The van der Waals surface area contributed by atoms with Crippen LogP contribution >= 0.6 is 11.6 Å². The second-order valence-electron chi connectivity index (χ2n) is 5.76. The van der Waals surface area contributed by atoms with E-state index in [-0.39, 0.29) is 5.92 Å². The van der Waals surface area contributed by atoms with E-state index in [1.54, 1.807) is 4.68 Å². The summed E-state index contributed by atoms with van der Waals surface area (Å²) < 4.78 is 13.4. The Kier molecular flexibility index (Phi) is 3.91. The lowest BCUT2D eigenvalue weighted by molar-refractivity contribution is 0.296. The van der Waals surface area contributed by atoms with Crippen LogP contribution in [0.1, 0.15) is 31.7 Å². The van der Waals surface area contributed by atoms with Crippen LogP contribution in [-0.4, -0.2) is 23.0 Å². The fourth-order valence-electron chi connectivity index (χ4n) is 2.71. The first-order valence-electron chi connectivity index (χ1n) is 7.41. The summed E-state index contributed by atoms with van der Waals surface area (Å²) >= 11 is 6.42. The van der Waals surface area contributed by atoms with Crippen LogP contribution in [0, 0.1) is 0 Å². The van der Waals surface area contributed by atoms with Crippen molar-refractivity contribution in [2.75, 3.05) is 18.9 Å². The van der Waals surface area contributed by atoms with E-state index >= 15 is 0 Å². The highest BCUT2D eigenvalue weighted by Crippen LogP contribution is 2.47. The Bertz CT molecular complexity index is 690. The van der Waals surface area contributed by atoms with Crippen LogP contribution in [0.5, 0.6) is 11.5 Å². The number of anilines is 1. The lowest BCUT2D eigenvalue weighted by Crippen LogP contribution is -2.02. The Morgan fingerprint density at radius 1 is 1.23 bits per heavy atom. The average molecular weight is 322 g/mol. The minimum Gasteiger partial charge on any atom is -0.489 e. The van der Waals surface area contributed by atoms with Gasteiger partial charge in [-0.05, 0) is 12.0 Å². The molecular formula is C16H20ClN3O2. The SMILES string of the molecule is CC(C)c1c(-c2cc(N)n(C)n2)cc(Cl)c2c1OCCCO2. The third-order valence-corrected chi connectivity index (χ3v) is 4.06. The Balaban J connectivity index is 2.26. The summed E-state index contributed by atoms with van der Waals surface area (Å²) in [5.41, 5.74) is 8.71. The van der Waals surface area contributed by atoms with Crippen LogP contribution < -0.4 is 15.2 Å². The van der Waals surface area contributed by atoms with E-state index in [2.05, 4.69) is 18.9 Å². The molecule has 3 rings (SSSR count). The maximum atomic E-state index is 6.42. The highest BCUT2D eigenvalue weighted by atomic mass is 35.5. The van der Waals surface area contributed by atoms with Crippen LogP contribution in [-0.2, 0) is 7.05 Å². The molecule has 0 spiro atoms. The van der Waals surface area contributed by atoms with Gasteiger partial charge in [0.25, 0.3) is 0 Å². The molecule has 2 heterocycles. The summed E-state index contributed by atoms with van der Waals surface area (Å²) in [5, 5.41) is 5.02. The smallest absolute Gasteiger partial charge is 0.180 e. The molecule has 2 N–H and O–H groups in total. The molecule has 0 unspecified atom stereocenters. The molecule has 5 nitrogen and oxygen atoms in total. The van der Waals surface area contributed by atoms with Crippen LogP contribution in [0.4, 0.5) is 5.82 Å². The summed E-state index contributed by atoms with van der Waals surface area (Å²) in [6.07, 6.45) is 0.842. The van der Waals surface area contributed by atoms with Gasteiger partial charge >= 0.3 is 0 Å². The number of ether oxygens (including phenoxy) is 2. The molecular weight excluding hydrogens is 302 g/mol. The molecule has 0 amide bonds. The molecule has 0 saturated heterocycles. The van der Waals surface area contributed by atoms with Gasteiger partial charge in [-0.25, -0.2) is 0 Å². The predicted octanol–water partition coefficient (Wildman–Crippen LogP) is 3.61. The van der Waals surface area contributed by atoms with Crippen molar-refractivity contribution in [3.8, 4) is 22.8 Å². The molecule has 0 atom stereocenters. The Hall–Kier alpha value is -1.88. The first kappa shape index (κ1) is 15.0. The number of aryl methyl sites for hydroxylation is 1. The van der Waals surface area contributed by atoms with E-state index in [4.69, 9.17) is 26.8 Å². The van der Waals surface area contributed by atoms with Crippen molar-refractivity contribution < 1.29 is 9.47 Å². The van der Waals surface area contributed by atoms with Gasteiger partial charge in [-0.2, -0.15) is 5.10 Å². The molecule has 1 aromatic heterocycles. The second-order valence-corrected chi connectivity index (χ2v) is 6.17. The third kappa shape index (κ3) is 2.50. The van der Waals surface area contributed by atoms with Gasteiger partial charge in [-0.15, -0.1) is 0 Å². The number of halogens is 1. The number of rotatable bonds is 2. The molecule has 1 aliphatic heterocycles. The third-order valence-electron chi connectivity index (χ3n) is 3.78. The molecule has 0 fully saturated rings. The molecule has 118 valence electrons. The summed E-state index contributed by atoms with van der Waals surface area (Å²) in [6.45, 7) is 5.47. The monoisotopic (exact) mass is 321 g/mol. The lowest BCUT2D eigenvalue weighted by Gasteiger charge is -2.19. The van der Waals surface area contributed by atoms with Crippen molar-refractivity contribution in [3.05, 3.63) is 22.7 Å². The average Bonchev–Trinajstić information content (AvgIpc) is 2.66. The van der Waals surface area contributed by atoms with Crippen LogP contribution in [0.2, 0.25) is 5.02 Å². The Labute approximate surface area is 135 Å². The molecule has 0 bridgehead atoms. The second kappa shape index (κ2) is 5.72. The zero-order valence-corrected chi connectivity index (χ0v) is 13.8. The largest absolute Gasteiger partial charge is 0.489 e. The van der Waals surface area contributed by atoms with E-state index in [0.29, 0.717) is 29.8 Å². The summed E-state index contributed by atoms with van der Waals surface area (Å²) in [7, 11) is 1.82. The Morgan fingerprint density at radius 3 is 2.50 bits per heavy atom. The molecule has 1 aromatic carbocycles. The van der Waals surface area contributed by atoms with Crippen molar-refractivity contribution in [1.29, 1.82) is 0 Å². The van der Waals surface area contributed by atoms with Gasteiger partial charge in [0.15, 0.2) is 11.5 Å². The number of hydrogen-bond acceptors (Lipinski definition) is 4. The summed E-state index contributed by atoms with van der Waals surface area (Å²) in [6, 6.07) is 3.74. The van der Waals surface area contributed by atoms with E-state index in [9.17, 15) is 0 Å². The summed E-state index contributed by atoms with van der Waals surface area (Å²) in [5.74, 6) is 2.22. The quantitative estimate of drug-likeness (QED) is 0.918. The Morgan fingerprint density at radius 2 is 1.91 bits per heavy atom. The van der Waals surface area contributed by atoms with Gasteiger partial charge in [-0.1, -0.05) is 25.4 Å². The summed E-state index contributed by atoms with van der Waals surface area (Å²) in [4.78, 5) is 0. The van der Waals surface area contributed by atoms with E-state index in [1.165, 1.54) is 0 Å². The van der Waals surface area contributed by atoms with Crippen LogP contribution in [0.25, 0.3) is 11.3 Å². The molecule has 22 heavy (non-hydrogen) atoms. The minimum atomic E-state index is 0.242.